The average Bonchev–Trinajstić information content (AvgIpc) is 3.56. The van der Waals surface area contributed by atoms with E-state index in [1.807, 2.05) is 30.3 Å². The van der Waals surface area contributed by atoms with E-state index in [2.05, 4.69) is 4.98 Å². The van der Waals surface area contributed by atoms with Crippen molar-refractivity contribution in [2.75, 3.05) is 38.3 Å². The molecule has 2 N–H and O–H groups in total. The number of aromatic nitrogens is 1. The molecule has 2 aliphatic heterocycles. The van der Waals surface area contributed by atoms with Crippen LogP contribution in [0.2, 0.25) is 0 Å². The molecule has 1 spiro atoms. The van der Waals surface area contributed by atoms with Gasteiger partial charge in [-0.2, -0.15) is 0 Å². The minimum Gasteiger partial charge on any atom is -0.483 e. The summed E-state index contributed by atoms with van der Waals surface area (Å²) in [6, 6.07) is 9.76. The van der Waals surface area contributed by atoms with Gasteiger partial charge in [0.15, 0.2) is 0 Å². The molecule has 180 valence electrons. The summed E-state index contributed by atoms with van der Waals surface area (Å²) in [5.41, 5.74) is 3.77. The highest BCUT2D eigenvalue weighted by molar-refractivity contribution is 6.09. The van der Waals surface area contributed by atoms with Crippen molar-refractivity contribution in [2.45, 2.75) is 37.5 Å². The molecule has 2 aromatic rings. The number of fused-ring (bicyclic) bond motifs is 3. The Morgan fingerprint density at radius 1 is 1.29 bits per heavy atom. The number of amides is 2. The van der Waals surface area contributed by atoms with E-state index in [-0.39, 0.29) is 24.9 Å². The van der Waals surface area contributed by atoms with E-state index in [0.717, 1.165) is 41.8 Å². The van der Waals surface area contributed by atoms with E-state index in [1.54, 1.807) is 16.9 Å². The van der Waals surface area contributed by atoms with Gasteiger partial charge in [-0.05, 0) is 55.4 Å². The largest absolute Gasteiger partial charge is 0.483 e. The Morgan fingerprint density at radius 2 is 2.06 bits per heavy atom. The highest BCUT2D eigenvalue weighted by atomic mass is 16.5. The molecule has 3 heterocycles. The normalized spacial score (nSPS) is 20.1. The summed E-state index contributed by atoms with van der Waals surface area (Å²) in [6.07, 6.45) is 4.01. The monoisotopic (exact) mass is 467 g/mol. The number of aliphatic hydroxyl groups excluding tert-OH is 1. The lowest BCUT2D eigenvalue weighted by Gasteiger charge is -2.25. The van der Waals surface area contributed by atoms with Crippen LogP contribution in [0.25, 0.3) is 0 Å². The fraction of sp³-hybridized carbons (Fsp3) is 0.440. The van der Waals surface area contributed by atoms with Crippen molar-refractivity contribution in [3.8, 4) is 5.88 Å². The number of benzene rings is 1. The zero-order valence-electron chi connectivity index (χ0n) is 19.2. The van der Waals surface area contributed by atoms with Gasteiger partial charge in [-0.15, -0.1) is 0 Å². The fourth-order valence-corrected chi connectivity index (χ4v) is 5.36. The summed E-state index contributed by atoms with van der Waals surface area (Å²) < 4.78 is 5.45. The van der Waals surface area contributed by atoms with E-state index in [0.29, 0.717) is 43.9 Å². The number of likely N-dealkylation sites (tertiary alicyclic amines) is 1. The number of carboxylic acid groups (broad SMARTS) is 1. The number of methoxy groups -OCH3 is 1. The molecule has 0 radical (unpaired) electrons. The zero-order chi connectivity index (χ0) is 24.3. The van der Waals surface area contributed by atoms with Crippen LogP contribution >= 0.6 is 0 Å². The summed E-state index contributed by atoms with van der Waals surface area (Å²) in [5, 5.41) is 16.2. The SMILES string of the molecule is COc1nc2c(cc1C(=O)N1CCC3(C1)C(=O)N(CCCO)c1ccccc13)CCC2.O=CO. The van der Waals surface area contributed by atoms with Crippen molar-refractivity contribution in [1.82, 2.24) is 9.88 Å². The number of ether oxygens (including phenoxy) is 1. The highest BCUT2D eigenvalue weighted by Crippen LogP contribution is 2.47. The first-order valence-electron chi connectivity index (χ1n) is 11.5. The van der Waals surface area contributed by atoms with Gasteiger partial charge in [-0.25, -0.2) is 4.98 Å². The van der Waals surface area contributed by atoms with Crippen LogP contribution in [0.15, 0.2) is 30.3 Å². The maximum atomic E-state index is 13.5. The summed E-state index contributed by atoms with van der Waals surface area (Å²) in [6.45, 7) is 1.11. The molecular formula is C25H29N3O6. The molecule has 1 aliphatic carbocycles. The standard InChI is InChI=1S/C24H27N3O4.CH2O2/c1-31-21-17(14-16-6-4-8-19(16)25-21)22(29)26-12-10-24(15-26)18-7-2-3-9-20(18)27(23(24)30)11-5-13-28;2-1-3/h2-3,7,9,14,28H,4-6,8,10-13,15H2,1H3;1H,(H,2,3). The van der Waals surface area contributed by atoms with Gasteiger partial charge in [-0.3, -0.25) is 14.4 Å². The lowest BCUT2D eigenvalue weighted by atomic mass is 9.81. The van der Waals surface area contributed by atoms with E-state index in [9.17, 15) is 14.7 Å². The van der Waals surface area contributed by atoms with Gasteiger partial charge in [-0.1, -0.05) is 18.2 Å². The molecule has 1 unspecified atom stereocenters. The summed E-state index contributed by atoms with van der Waals surface area (Å²) in [4.78, 5) is 43.5. The molecule has 1 aromatic heterocycles. The molecule has 9 heteroatoms. The number of anilines is 1. The predicted molar refractivity (Wildman–Crippen MR) is 124 cm³/mol. The van der Waals surface area contributed by atoms with Crippen LogP contribution in [0.1, 0.15) is 46.4 Å². The van der Waals surface area contributed by atoms with Gasteiger partial charge in [0.25, 0.3) is 12.4 Å². The Labute approximate surface area is 198 Å². The third-order valence-electron chi connectivity index (χ3n) is 6.90. The van der Waals surface area contributed by atoms with E-state index in [4.69, 9.17) is 14.6 Å². The number of hydrogen-bond donors (Lipinski definition) is 2. The van der Waals surface area contributed by atoms with Crippen molar-refractivity contribution in [2.24, 2.45) is 0 Å². The fourth-order valence-electron chi connectivity index (χ4n) is 5.36. The molecule has 3 aliphatic rings. The number of carbonyl (C=O) groups is 3. The smallest absolute Gasteiger partial charge is 0.290 e. The third kappa shape index (κ3) is 3.90. The molecule has 34 heavy (non-hydrogen) atoms. The average molecular weight is 468 g/mol. The number of aliphatic hydroxyl groups is 1. The molecule has 1 aromatic carbocycles. The Kier molecular flexibility index (Phi) is 6.83. The lowest BCUT2D eigenvalue weighted by molar-refractivity contribution is -0.123. The second-order valence-electron chi connectivity index (χ2n) is 8.72. The molecule has 9 nitrogen and oxygen atoms in total. The van der Waals surface area contributed by atoms with Crippen molar-refractivity contribution < 1.29 is 29.3 Å². The highest BCUT2D eigenvalue weighted by Gasteiger charge is 2.55. The van der Waals surface area contributed by atoms with Crippen LogP contribution in [0.5, 0.6) is 5.88 Å². The van der Waals surface area contributed by atoms with Crippen LogP contribution in [0.3, 0.4) is 0 Å². The Hall–Kier alpha value is -3.46. The molecule has 0 saturated carbocycles. The summed E-state index contributed by atoms with van der Waals surface area (Å²) in [7, 11) is 1.54. The number of carbonyl (C=O) groups excluding carboxylic acids is 2. The molecular weight excluding hydrogens is 438 g/mol. The van der Waals surface area contributed by atoms with Gasteiger partial charge in [0, 0.05) is 37.6 Å². The third-order valence-corrected chi connectivity index (χ3v) is 6.90. The molecule has 5 rings (SSSR count). The summed E-state index contributed by atoms with van der Waals surface area (Å²) in [5.74, 6) is 0.265. The van der Waals surface area contributed by atoms with E-state index < -0.39 is 5.41 Å². The van der Waals surface area contributed by atoms with Crippen molar-refractivity contribution in [3.05, 3.63) is 52.7 Å². The number of hydrogen-bond acceptors (Lipinski definition) is 6. The van der Waals surface area contributed by atoms with Crippen LogP contribution in [0.4, 0.5) is 5.69 Å². The van der Waals surface area contributed by atoms with Gasteiger partial charge in [0.2, 0.25) is 11.8 Å². The van der Waals surface area contributed by atoms with Crippen molar-refractivity contribution >= 4 is 24.0 Å². The van der Waals surface area contributed by atoms with Gasteiger partial charge >= 0.3 is 0 Å². The van der Waals surface area contributed by atoms with Crippen molar-refractivity contribution in [3.63, 3.8) is 0 Å². The molecule has 0 bridgehead atoms. The Balaban J connectivity index is 0.000000868. The molecule has 1 atom stereocenters. The van der Waals surface area contributed by atoms with E-state index >= 15 is 0 Å². The first-order chi connectivity index (χ1) is 16.5. The van der Waals surface area contributed by atoms with Crippen LogP contribution in [-0.2, 0) is 27.8 Å². The first-order valence-corrected chi connectivity index (χ1v) is 11.5. The first kappa shape index (κ1) is 23.7. The Bertz CT molecular complexity index is 1100. The predicted octanol–water partition coefficient (Wildman–Crippen LogP) is 1.79. The topological polar surface area (TPSA) is 120 Å². The Morgan fingerprint density at radius 3 is 2.79 bits per heavy atom. The second-order valence-corrected chi connectivity index (χ2v) is 8.72. The number of pyridine rings is 1. The lowest BCUT2D eigenvalue weighted by Crippen LogP contribution is -2.43. The van der Waals surface area contributed by atoms with Crippen LogP contribution in [0, 0.1) is 0 Å². The zero-order valence-corrected chi connectivity index (χ0v) is 19.2. The van der Waals surface area contributed by atoms with Crippen molar-refractivity contribution in [1.29, 1.82) is 0 Å². The minimum atomic E-state index is -0.723. The maximum Gasteiger partial charge on any atom is 0.290 e. The quantitative estimate of drug-likeness (QED) is 0.643. The van der Waals surface area contributed by atoms with Gasteiger partial charge in [0.05, 0.1) is 12.5 Å². The minimum absolute atomic E-state index is 0.0245. The molecule has 2 amide bonds. The number of aryl methyl sites for hydroxylation is 2. The number of rotatable bonds is 5. The summed E-state index contributed by atoms with van der Waals surface area (Å²) >= 11 is 0. The van der Waals surface area contributed by atoms with Crippen LogP contribution < -0.4 is 9.64 Å². The molecule has 1 fully saturated rings. The number of nitrogens with zero attached hydrogens (tertiary/aromatic N) is 3. The molecule has 1 saturated heterocycles. The van der Waals surface area contributed by atoms with E-state index in [1.165, 1.54) is 0 Å². The van der Waals surface area contributed by atoms with Crippen LogP contribution in [-0.4, -0.2) is 71.7 Å². The number of para-hydroxylation sites is 1. The second kappa shape index (κ2) is 9.80. The van der Waals surface area contributed by atoms with Gasteiger partial charge < -0.3 is 24.7 Å². The van der Waals surface area contributed by atoms with Gasteiger partial charge in [0.1, 0.15) is 5.56 Å². The maximum absolute atomic E-state index is 13.5.